The molecule has 0 saturated carbocycles. The van der Waals surface area contributed by atoms with Crippen LogP contribution in [0.4, 0.5) is 4.39 Å². The molecule has 21 heavy (non-hydrogen) atoms. The quantitative estimate of drug-likeness (QED) is 0.610. The van der Waals surface area contributed by atoms with E-state index < -0.39 is 14.4 Å². The molecule has 0 saturated heterocycles. The van der Waals surface area contributed by atoms with Gasteiger partial charge in [0.15, 0.2) is 8.32 Å². The highest BCUT2D eigenvalue weighted by atomic mass is 28.4. The predicted octanol–water partition coefficient (Wildman–Crippen LogP) is 3.93. The summed E-state index contributed by atoms with van der Waals surface area (Å²) in [6.07, 6.45) is -0.263. The molecule has 0 fully saturated rings. The van der Waals surface area contributed by atoms with Crippen molar-refractivity contribution in [2.75, 3.05) is 7.11 Å². The molecule has 1 aromatic rings. The van der Waals surface area contributed by atoms with E-state index in [1.165, 1.54) is 19.2 Å². The zero-order valence-corrected chi connectivity index (χ0v) is 14.7. The van der Waals surface area contributed by atoms with E-state index in [0.717, 1.165) is 5.56 Å². The van der Waals surface area contributed by atoms with Crippen LogP contribution in [0.15, 0.2) is 24.3 Å². The van der Waals surface area contributed by atoms with Gasteiger partial charge in [-0.1, -0.05) is 32.9 Å². The maximum absolute atomic E-state index is 13.0. The van der Waals surface area contributed by atoms with Crippen molar-refractivity contribution in [2.24, 2.45) is 0 Å². The molecule has 0 heterocycles. The average molecular weight is 312 g/mol. The van der Waals surface area contributed by atoms with Crippen molar-refractivity contribution >= 4 is 14.3 Å². The van der Waals surface area contributed by atoms with Gasteiger partial charge in [0.25, 0.3) is 0 Å². The van der Waals surface area contributed by atoms with Crippen molar-refractivity contribution in [3.05, 3.63) is 35.6 Å². The number of methoxy groups -OCH3 is 1. The smallest absolute Gasteiger partial charge is 0.334 e. The standard InChI is InChI=1S/C16H25FO3Si/c1-16(2,3)21(5,6)20-14(15(18)19-4)11-12-7-9-13(17)10-8-12/h7-10,14H,11H2,1-6H3/t14-/m0/s1. The summed E-state index contributed by atoms with van der Waals surface area (Å²) in [5.74, 6) is -0.678. The molecule has 0 aliphatic heterocycles. The molecular formula is C16H25FO3Si. The molecule has 0 aromatic heterocycles. The van der Waals surface area contributed by atoms with Crippen molar-refractivity contribution in [3.63, 3.8) is 0 Å². The van der Waals surface area contributed by atoms with Gasteiger partial charge in [0.2, 0.25) is 0 Å². The molecule has 0 N–H and O–H groups in total. The van der Waals surface area contributed by atoms with Gasteiger partial charge >= 0.3 is 5.97 Å². The fourth-order valence-electron chi connectivity index (χ4n) is 1.67. The van der Waals surface area contributed by atoms with Crippen LogP contribution in [-0.2, 0) is 20.4 Å². The molecule has 0 amide bonds. The second kappa shape index (κ2) is 6.71. The Hall–Kier alpha value is -1.20. The maximum atomic E-state index is 13.0. The third-order valence-electron chi connectivity index (χ3n) is 4.04. The van der Waals surface area contributed by atoms with Gasteiger partial charge in [-0.3, -0.25) is 0 Å². The Labute approximate surface area is 127 Å². The van der Waals surface area contributed by atoms with E-state index in [9.17, 15) is 9.18 Å². The summed E-state index contributed by atoms with van der Waals surface area (Å²) < 4.78 is 24.0. The summed E-state index contributed by atoms with van der Waals surface area (Å²) in [5, 5.41) is 0.00205. The first-order chi connectivity index (χ1) is 9.56. The van der Waals surface area contributed by atoms with Gasteiger partial charge in [-0.15, -0.1) is 0 Å². The Kier molecular flexibility index (Phi) is 5.70. The average Bonchev–Trinajstić information content (AvgIpc) is 2.38. The number of halogens is 1. The van der Waals surface area contributed by atoms with Gasteiger partial charge < -0.3 is 9.16 Å². The molecule has 1 atom stereocenters. The summed E-state index contributed by atoms with van der Waals surface area (Å²) in [6.45, 7) is 10.5. The van der Waals surface area contributed by atoms with Crippen molar-refractivity contribution in [1.82, 2.24) is 0 Å². The number of carbonyl (C=O) groups excluding carboxylic acids is 1. The minimum atomic E-state index is -2.09. The van der Waals surface area contributed by atoms with Crippen LogP contribution in [0.5, 0.6) is 0 Å². The Balaban J connectivity index is 2.91. The Morgan fingerprint density at radius 2 is 1.76 bits per heavy atom. The maximum Gasteiger partial charge on any atom is 0.334 e. The molecule has 0 aliphatic rings. The number of benzene rings is 1. The van der Waals surface area contributed by atoms with E-state index >= 15 is 0 Å². The van der Waals surface area contributed by atoms with Crippen LogP contribution >= 0.6 is 0 Å². The first-order valence-corrected chi connectivity index (χ1v) is 9.98. The van der Waals surface area contributed by atoms with Crippen molar-refractivity contribution in [3.8, 4) is 0 Å². The first kappa shape index (κ1) is 17.8. The van der Waals surface area contributed by atoms with Gasteiger partial charge in [-0.05, 0) is 35.8 Å². The number of esters is 1. The Morgan fingerprint density at radius 1 is 1.24 bits per heavy atom. The van der Waals surface area contributed by atoms with E-state index in [0.29, 0.717) is 6.42 Å². The summed E-state index contributed by atoms with van der Waals surface area (Å²) >= 11 is 0. The summed E-state index contributed by atoms with van der Waals surface area (Å²) in [7, 11) is -0.731. The molecule has 1 aromatic carbocycles. The monoisotopic (exact) mass is 312 g/mol. The van der Waals surface area contributed by atoms with Crippen LogP contribution in [0.2, 0.25) is 18.1 Å². The van der Waals surface area contributed by atoms with Crippen LogP contribution in [0.25, 0.3) is 0 Å². The van der Waals surface area contributed by atoms with Crippen molar-refractivity contribution < 1.29 is 18.3 Å². The second-order valence-corrected chi connectivity index (χ2v) is 11.5. The van der Waals surface area contributed by atoms with Gasteiger partial charge in [0, 0.05) is 6.42 Å². The van der Waals surface area contributed by atoms with Crippen molar-refractivity contribution in [2.45, 2.75) is 51.4 Å². The second-order valence-electron chi connectivity index (χ2n) is 6.72. The number of carbonyl (C=O) groups is 1. The molecule has 0 bridgehead atoms. The summed E-state index contributed by atoms with van der Waals surface area (Å²) in [5.41, 5.74) is 0.852. The van der Waals surface area contributed by atoms with Crippen LogP contribution in [-0.4, -0.2) is 27.5 Å². The molecular weight excluding hydrogens is 287 g/mol. The lowest BCUT2D eigenvalue weighted by Crippen LogP contribution is -2.47. The van der Waals surface area contributed by atoms with E-state index in [4.69, 9.17) is 9.16 Å². The minimum Gasteiger partial charge on any atom is -0.467 e. The van der Waals surface area contributed by atoms with Gasteiger partial charge in [0.1, 0.15) is 11.9 Å². The van der Waals surface area contributed by atoms with E-state index in [-0.39, 0.29) is 16.8 Å². The highest BCUT2D eigenvalue weighted by Gasteiger charge is 2.41. The van der Waals surface area contributed by atoms with E-state index in [1.807, 2.05) is 0 Å². The predicted molar refractivity (Wildman–Crippen MR) is 84.2 cm³/mol. The van der Waals surface area contributed by atoms with Crippen LogP contribution in [0.1, 0.15) is 26.3 Å². The number of ether oxygens (including phenoxy) is 1. The largest absolute Gasteiger partial charge is 0.467 e. The SMILES string of the molecule is COC(=O)[C@H](Cc1ccc(F)cc1)O[Si](C)(C)C(C)(C)C. The van der Waals surface area contributed by atoms with Gasteiger partial charge in [-0.25, -0.2) is 9.18 Å². The fraction of sp³-hybridized carbons (Fsp3) is 0.562. The van der Waals surface area contributed by atoms with Gasteiger partial charge in [-0.2, -0.15) is 0 Å². The fourth-order valence-corrected chi connectivity index (χ4v) is 2.92. The third kappa shape index (κ3) is 4.93. The van der Waals surface area contributed by atoms with Crippen LogP contribution in [0, 0.1) is 5.82 Å². The van der Waals surface area contributed by atoms with E-state index in [1.54, 1.807) is 12.1 Å². The highest BCUT2D eigenvalue weighted by molar-refractivity contribution is 6.74. The minimum absolute atomic E-state index is 0.00205. The van der Waals surface area contributed by atoms with E-state index in [2.05, 4.69) is 33.9 Å². The summed E-state index contributed by atoms with van der Waals surface area (Å²) in [4.78, 5) is 12.0. The molecule has 0 unspecified atom stereocenters. The summed E-state index contributed by atoms with van der Waals surface area (Å²) in [6, 6.07) is 6.10. The zero-order valence-electron chi connectivity index (χ0n) is 13.7. The molecule has 0 aliphatic carbocycles. The molecule has 0 spiro atoms. The van der Waals surface area contributed by atoms with Crippen LogP contribution in [0.3, 0.4) is 0 Å². The topological polar surface area (TPSA) is 35.5 Å². The van der Waals surface area contributed by atoms with Crippen LogP contribution < -0.4 is 0 Å². The number of hydrogen-bond acceptors (Lipinski definition) is 3. The molecule has 118 valence electrons. The lowest BCUT2D eigenvalue weighted by Gasteiger charge is -2.38. The number of hydrogen-bond donors (Lipinski definition) is 0. The Morgan fingerprint density at radius 3 is 2.19 bits per heavy atom. The molecule has 3 nitrogen and oxygen atoms in total. The Bertz CT molecular complexity index is 477. The first-order valence-electron chi connectivity index (χ1n) is 7.07. The number of rotatable bonds is 5. The molecule has 5 heteroatoms. The molecule has 0 radical (unpaired) electrons. The van der Waals surface area contributed by atoms with Crippen molar-refractivity contribution in [1.29, 1.82) is 0 Å². The normalized spacial score (nSPS) is 13.9. The lowest BCUT2D eigenvalue weighted by molar-refractivity contribution is -0.149. The van der Waals surface area contributed by atoms with Gasteiger partial charge in [0.05, 0.1) is 7.11 Å². The lowest BCUT2D eigenvalue weighted by atomic mass is 10.1. The molecule has 1 rings (SSSR count). The zero-order chi connectivity index (χ0) is 16.3. The third-order valence-corrected chi connectivity index (χ3v) is 8.53. The highest BCUT2D eigenvalue weighted by Crippen LogP contribution is 2.37.